The molecule has 0 saturated carbocycles. The number of nitrogens with zero attached hydrogens (tertiary/aromatic N) is 3. The highest BCUT2D eigenvalue weighted by molar-refractivity contribution is 5.79. The van der Waals surface area contributed by atoms with E-state index in [4.69, 9.17) is 14.0 Å². The van der Waals surface area contributed by atoms with Crippen LogP contribution in [-0.4, -0.2) is 40.7 Å². The highest BCUT2D eigenvalue weighted by Gasteiger charge is 2.33. The lowest BCUT2D eigenvalue weighted by atomic mass is 10.1. The van der Waals surface area contributed by atoms with E-state index in [1.54, 1.807) is 0 Å². The predicted octanol–water partition coefficient (Wildman–Crippen LogP) is 4.83. The largest absolute Gasteiger partial charge is 0.494 e. The molecule has 0 bridgehead atoms. The fourth-order valence-corrected chi connectivity index (χ4v) is 3.76. The van der Waals surface area contributed by atoms with Crippen molar-refractivity contribution in [1.82, 2.24) is 15.0 Å². The number of ether oxygens (including phenoxy) is 2. The van der Waals surface area contributed by atoms with Crippen molar-refractivity contribution in [2.75, 3.05) is 19.8 Å². The average Bonchev–Trinajstić information content (AvgIpc) is 3.42. The van der Waals surface area contributed by atoms with E-state index in [1.165, 1.54) is 0 Å². The van der Waals surface area contributed by atoms with Crippen LogP contribution in [0.2, 0.25) is 0 Å². The summed E-state index contributed by atoms with van der Waals surface area (Å²) in [5.41, 5.74) is 1.88. The SMILES string of the molecule is CCCCOc1ccc(-c2nc(C3CC(=O)N(Cc4cccc(OCC)c4)C3)no2)cc1. The maximum Gasteiger partial charge on any atom is 0.257 e. The van der Waals surface area contributed by atoms with Crippen LogP contribution in [-0.2, 0) is 11.3 Å². The molecule has 0 N–H and O–H groups in total. The molecule has 1 amide bonds. The molecule has 0 radical (unpaired) electrons. The summed E-state index contributed by atoms with van der Waals surface area (Å²) in [6.07, 6.45) is 2.52. The Morgan fingerprint density at radius 1 is 1.09 bits per heavy atom. The molecule has 1 aromatic heterocycles. The minimum Gasteiger partial charge on any atom is -0.494 e. The van der Waals surface area contributed by atoms with Crippen LogP contribution < -0.4 is 9.47 Å². The van der Waals surface area contributed by atoms with E-state index in [1.807, 2.05) is 60.4 Å². The molecule has 32 heavy (non-hydrogen) atoms. The topological polar surface area (TPSA) is 77.7 Å². The minimum atomic E-state index is -0.0771. The third-order valence-electron chi connectivity index (χ3n) is 5.47. The second-order valence-electron chi connectivity index (χ2n) is 7.94. The zero-order chi connectivity index (χ0) is 22.3. The van der Waals surface area contributed by atoms with Gasteiger partial charge in [0.15, 0.2) is 5.82 Å². The molecule has 1 atom stereocenters. The van der Waals surface area contributed by atoms with Gasteiger partial charge in [0.2, 0.25) is 5.91 Å². The van der Waals surface area contributed by atoms with Crippen LogP contribution in [0.15, 0.2) is 53.1 Å². The van der Waals surface area contributed by atoms with E-state index in [0.717, 1.165) is 35.5 Å². The maximum absolute atomic E-state index is 12.6. The van der Waals surface area contributed by atoms with Gasteiger partial charge in [0.1, 0.15) is 11.5 Å². The number of unbranched alkanes of at least 4 members (excludes halogenated alkanes) is 1. The Labute approximate surface area is 188 Å². The lowest BCUT2D eigenvalue weighted by Gasteiger charge is -2.16. The molecule has 1 saturated heterocycles. The number of rotatable bonds is 10. The summed E-state index contributed by atoms with van der Waals surface area (Å²) in [6.45, 7) is 6.53. The van der Waals surface area contributed by atoms with Crippen LogP contribution in [0.25, 0.3) is 11.5 Å². The molecule has 1 aliphatic rings. The number of likely N-dealkylation sites (tertiary alicyclic amines) is 1. The van der Waals surface area contributed by atoms with Crippen LogP contribution in [0.4, 0.5) is 0 Å². The monoisotopic (exact) mass is 435 g/mol. The summed E-state index contributed by atoms with van der Waals surface area (Å²) in [7, 11) is 0. The van der Waals surface area contributed by atoms with Crippen molar-refractivity contribution in [3.63, 3.8) is 0 Å². The van der Waals surface area contributed by atoms with Gasteiger partial charge < -0.3 is 18.9 Å². The third-order valence-corrected chi connectivity index (χ3v) is 5.47. The van der Waals surface area contributed by atoms with Gasteiger partial charge in [-0.05, 0) is 55.3 Å². The standard InChI is InChI=1S/C25H29N3O4/c1-3-5-13-31-21-11-9-19(10-12-21)25-26-24(27-32-25)20-15-23(29)28(17-20)16-18-7-6-8-22(14-18)30-4-2/h6-12,14,20H,3-5,13,15-17H2,1-2H3. The lowest BCUT2D eigenvalue weighted by molar-refractivity contribution is -0.128. The molecule has 2 aromatic carbocycles. The van der Waals surface area contributed by atoms with E-state index in [9.17, 15) is 4.79 Å². The summed E-state index contributed by atoms with van der Waals surface area (Å²) < 4.78 is 16.7. The molecule has 0 aliphatic carbocycles. The summed E-state index contributed by atoms with van der Waals surface area (Å²) in [5, 5.41) is 4.16. The van der Waals surface area contributed by atoms with Gasteiger partial charge in [-0.2, -0.15) is 4.98 Å². The maximum atomic E-state index is 12.6. The first kappa shape index (κ1) is 21.9. The molecule has 2 heterocycles. The first-order valence-corrected chi connectivity index (χ1v) is 11.2. The number of hydrogen-bond donors (Lipinski definition) is 0. The highest BCUT2D eigenvalue weighted by atomic mass is 16.5. The van der Waals surface area contributed by atoms with Crippen molar-refractivity contribution >= 4 is 5.91 Å². The molecule has 1 aliphatic heterocycles. The Morgan fingerprint density at radius 3 is 2.72 bits per heavy atom. The Balaban J connectivity index is 1.38. The van der Waals surface area contributed by atoms with Crippen molar-refractivity contribution in [3.05, 3.63) is 59.9 Å². The lowest BCUT2D eigenvalue weighted by Crippen LogP contribution is -2.24. The van der Waals surface area contributed by atoms with E-state index in [2.05, 4.69) is 17.1 Å². The van der Waals surface area contributed by atoms with Crippen LogP contribution in [0.3, 0.4) is 0 Å². The van der Waals surface area contributed by atoms with Crippen LogP contribution >= 0.6 is 0 Å². The van der Waals surface area contributed by atoms with Gasteiger partial charge in [0.25, 0.3) is 5.89 Å². The second-order valence-corrected chi connectivity index (χ2v) is 7.94. The molecular formula is C25H29N3O4. The Bertz CT molecular complexity index is 1030. The average molecular weight is 436 g/mol. The van der Waals surface area contributed by atoms with E-state index < -0.39 is 0 Å². The van der Waals surface area contributed by atoms with Gasteiger partial charge in [-0.3, -0.25) is 4.79 Å². The number of hydrogen-bond acceptors (Lipinski definition) is 6. The molecule has 1 unspecified atom stereocenters. The van der Waals surface area contributed by atoms with E-state index in [-0.39, 0.29) is 11.8 Å². The van der Waals surface area contributed by atoms with Gasteiger partial charge in [0, 0.05) is 31.0 Å². The predicted molar refractivity (Wildman–Crippen MR) is 121 cm³/mol. The van der Waals surface area contributed by atoms with Crippen LogP contribution in [0.5, 0.6) is 11.5 Å². The van der Waals surface area contributed by atoms with Crippen molar-refractivity contribution in [2.24, 2.45) is 0 Å². The van der Waals surface area contributed by atoms with E-state index in [0.29, 0.717) is 44.4 Å². The zero-order valence-corrected chi connectivity index (χ0v) is 18.6. The number of aromatic nitrogens is 2. The number of benzene rings is 2. The summed E-state index contributed by atoms with van der Waals surface area (Å²) in [4.78, 5) is 19.0. The second kappa shape index (κ2) is 10.3. The minimum absolute atomic E-state index is 0.0771. The fraction of sp³-hybridized carbons (Fsp3) is 0.400. The van der Waals surface area contributed by atoms with E-state index >= 15 is 0 Å². The molecule has 0 spiro atoms. The normalized spacial score (nSPS) is 15.9. The quantitative estimate of drug-likeness (QED) is 0.425. The van der Waals surface area contributed by atoms with Gasteiger partial charge in [0.05, 0.1) is 13.2 Å². The van der Waals surface area contributed by atoms with Gasteiger partial charge in [-0.1, -0.05) is 30.6 Å². The zero-order valence-electron chi connectivity index (χ0n) is 18.6. The van der Waals surface area contributed by atoms with Crippen LogP contribution in [0, 0.1) is 0 Å². The first-order chi connectivity index (χ1) is 15.7. The van der Waals surface area contributed by atoms with Gasteiger partial charge in [-0.15, -0.1) is 0 Å². The number of carbonyl (C=O) groups is 1. The molecule has 7 heteroatoms. The Morgan fingerprint density at radius 2 is 1.94 bits per heavy atom. The van der Waals surface area contributed by atoms with Crippen molar-refractivity contribution in [3.8, 4) is 23.0 Å². The molecule has 168 valence electrons. The highest BCUT2D eigenvalue weighted by Crippen LogP contribution is 2.30. The van der Waals surface area contributed by atoms with Crippen molar-refractivity contribution in [2.45, 2.75) is 45.6 Å². The molecule has 7 nitrogen and oxygen atoms in total. The Kier molecular flexibility index (Phi) is 7.04. The molecule has 3 aromatic rings. The number of carbonyl (C=O) groups excluding carboxylic acids is 1. The number of amides is 1. The third kappa shape index (κ3) is 5.28. The van der Waals surface area contributed by atoms with Gasteiger partial charge >= 0.3 is 0 Å². The van der Waals surface area contributed by atoms with Crippen molar-refractivity contribution < 1.29 is 18.8 Å². The van der Waals surface area contributed by atoms with Crippen molar-refractivity contribution in [1.29, 1.82) is 0 Å². The smallest absolute Gasteiger partial charge is 0.257 e. The molecule has 1 fully saturated rings. The fourth-order valence-electron chi connectivity index (χ4n) is 3.76. The molecule has 4 rings (SSSR count). The summed E-state index contributed by atoms with van der Waals surface area (Å²) >= 11 is 0. The summed E-state index contributed by atoms with van der Waals surface area (Å²) in [6, 6.07) is 15.5. The Hall–Kier alpha value is -3.35. The molecular weight excluding hydrogens is 406 g/mol. The summed E-state index contributed by atoms with van der Waals surface area (Å²) in [5.74, 6) is 2.69. The van der Waals surface area contributed by atoms with Crippen LogP contribution in [0.1, 0.15) is 50.4 Å². The first-order valence-electron chi connectivity index (χ1n) is 11.2. The van der Waals surface area contributed by atoms with Gasteiger partial charge in [-0.25, -0.2) is 0 Å².